The van der Waals surface area contributed by atoms with E-state index in [1.54, 1.807) is 7.11 Å². The molecule has 0 saturated heterocycles. The van der Waals surface area contributed by atoms with E-state index in [0.29, 0.717) is 5.92 Å². The van der Waals surface area contributed by atoms with Gasteiger partial charge in [0.05, 0.1) is 13.7 Å². The summed E-state index contributed by atoms with van der Waals surface area (Å²) in [5.74, 6) is 2.30. The summed E-state index contributed by atoms with van der Waals surface area (Å²) in [5.41, 5.74) is 2.39. The van der Waals surface area contributed by atoms with Crippen LogP contribution in [0.4, 0.5) is 0 Å². The summed E-state index contributed by atoms with van der Waals surface area (Å²) in [7, 11) is 1.68. The lowest BCUT2D eigenvalue weighted by molar-refractivity contribution is 0.219. The maximum atomic E-state index is 5.84. The highest BCUT2D eigenvalue weighted by Crippen LogP contribution is 2.31. The average Bonchev–Trinajstić information content (AvgIpc) is 2.48. The van der Waals surface area contributed by atoms with Gasteiger partial charge in [0.2, 0.25) is 0 Å². The molecule has 1 aliphatic heterocycles. The number of fused-ring (bicyclic) bond motifs is 1. The Hall–Kier alpha value is -2.03. The lowest BCUT2D eigenvalue weighted by Gasteiger charge is -2.25. The van der Waals surface area contributed by atoms with Gasteiger partial charge in [0.25, 0.3) is 0 Å². The molecule has 0 amide bonds. The summed E-state index contributed by atoms with van der Waals surface area (Å²) in [6, 6.07) is 12.1. The van der Waals surface area contributed by atoms with Gasteiger partial charge in [-0.25, -0.2) is 0 Å². The molecule has 1 aliphatic rings. The maximum Gasteiger partial charge on any atom is 0.126 e. The maximum absolute atomic E-state index is 5.84. The van der Waals surface area contributed by atoms with E-state index in [0.717, 1.165) is 36.6 Å². The number of nitrogens with zero attached hydrogens (tertiary/aromatic N) is 1. The minimum Gasteiger partial charge on any atom is -0.497 e. The Morgan fingerprint density at radius 2 is 2.26 bits per heavy atom. The summed E-state index contributed by atoms with van der Waals surface area (Å²) >= 11 is 0. The van der Waals surface area contributed by atoms with Crippen molar-refractivity contribution < 1.29 is 9.47 Å². The van der Waals surface area contributed by atoms with Gasteiger partial charge in [-0.05, 0) is 36.6 Å². The second kappa shape index (κ2) is 5.31. The molecule has 0 saturated carbocycles. The third-order valence-electron chi connectivity index (χ3n) is 3.48. The zero-order valence-corrected chi connectivity index (χ0v) is 11.0. The highest BCUT2D eigenvalue weighted by atomic mass is 16.5. The minimum absolute atomic E-state index is 0.496. The van der Waals surface area contributed by atoms with E-state index in [9.17, 15) is 0 Å². The fourth-order valence-corrected chi connectivity index (χ4v) is 2.49. The van der Waals surface area contributed by atoms with Gasteiger partial charge >= 0.3 is 0 Å². The predicted molar refractivity (Wildman–Crippen MR) is 73.6 cm³/mol. The Balaban J connectivity index is 1.72. The molecule has 0 N–H and O–H groups in total. The van der Waals surface area contributed by atoms with Crippen LogP contribution >= 0.6 is 0 Å². The molecule has 0 fully saturated rings. The molecule has 19 heavy (non-hydrogen) atoms. The van der Waals surface area contributed by atoms with Crippen molar-refractivity contribution in [1.82, 2.24) is 4.98 Å². The molecular weight excluding hydrogens is 238 g/mol. The molecule has 1 atom stereocenters. The second-order valence-electron chi connectivity index (χ2n) is 4.88. The first-order chi connectivity index (χ1) is 9.35. The zero-order valence-electron chi connectivity index (χ0n) is 11.0. The Kier molecular flexibility index (Phi) is 3.36. The third-order valence-corrected chi connectivity index (χ3v) is 3.48. The molecule has 0 unspecified atom stereocenters. The smallest absolute Gasteiger partial charge is 0.126 e. The molecule has 0 aliphatic carbocycles. The molecule has 3 heteroatoms. The Labute approximate surface area is 113 Å². The SMILES string of the molecule is COc1ccc2c(c1)OC[C@@H](Cc1ccccn1)C2. The lowest BCUT2D eigenvalue weighted by atomic mass is 9.92. The summed E-state index contributed by atoms with van der Waals surface area (Å²) in [6.07, 6.45) is 3.85. The average molecular weight is 255 g/mol. The number of hydrogen-bond acceptors (Lipinski definition) is 3. The van der Waals surface area contributed by atoms with Crippen molar-refractivity contribution in [3.05, 3.63) is 53.9 Å². The van der Waals surface area contributed by atoms with Gasteiger partial charge in [-0.3, -0.25) is 4.98 Å². The Morgan fingerprint density at radius 3 is 3.05 bits per heavy atom. The lowest BCUT2D eigenvalue weighted by Crippen LogP contribution is -2.23. The third kappa shape index (κ3) is 2.70. The number of benzene rings is 1. The summed E-state index contributed by atoms with van der Waals surface area (Å²) in [4.78, 5) is 4.38. The molecule has 2 aromatic rings. The van der Waals surface area contributed by atoms with Gasteiger partial charge in [0.1, 0.15) is 11.5 Å². The fourth-order valence-electron chi connectivity index (χ4n) is 2.49. The Bertz CT molecular complexity index is 554. The number of hydrogen-bond donors (Lipinski definition) is 0. The van der Waals surface area contributed by atoms with Crippen molar-refractivity contribution in [3.63, 3.8) is 0 Å². The van der Waals surface area contributed by atoms with Crippen molar-refractivity contribution in [2.75, 3.05) is 13.7 Å². The second-order valence-corrected chi connectivity index (χ2v) is 4.88. The normalized spacial score (nSPS) is 17.4. The van der Waals surface area contributed by atoms with Crippen molar-refractivity contribution in [1.29, 1.82) is 0 Å². The quantitative estimate of drug-likeness (QED) is 0.845. The molecular formula is C16H17NO2. The molecule has 0 bridgehead atoms. The standard InChI is InChI=1S/C16H17NO2/c1-18-15-6-5-13-8-12(11-19-16(13)10-15)9-14-4-2-3-7-17-14/h2-7,10,12H,8-9,11H2,1H3/t12-/m1/s1. The number of aromatic nitrogens is 1. The van der Waals surface area contributed by atoms with Crippen molar-refractivity contribution >= 4 is 0 Å². The zero-order chi connectivity index (χ0) is 13.1. The van der Waals surface area contributed by atoms with E-state index >= 15 is 0 Å². The van der Waals surface area contributed by atoms with Gasteiger partial charge in [-0.15, -0.1) is 0 Å². The van der Waals surface area contributed by atoms with Crippen molar-refractivity contribution in [3.8, 4) is 11.5 Å². The summed E-state index contributed by atoms with van der Waals surface area (Å²) in [5, 5.41) is 0. The van der Waals surface area contributed by atoms with Gasteiger partial charge in [-0.1, -0.05) is 12.1 Å². The van der Waals surface area contributed by atoms with Crippen LogP contribution in [0.5, 0.6) is 11.5 Å². The summed E-state index contributed by atoms with van der Waals surface area (Å²) < 4.78 is 11.1. The minimum atomic E-state index is 0.496. The predicted octanol–water partition coefficient (Wildman–Crippen LogP) is 2.88. The van der Waals surface area contributed by atoms with Gasteiger partial charge < -0.3 is 9.47 Å². The Morgan fingerprint density at radius 1 is 1.32 bits per heavy atom. The molecule has 3 nitrogen and oxygen atoms in total. The molecule has 3 rings (SSSR count). The molecule has 0 spiro atoms. The van der Waals surface area contributed by atoms with Gasteiger partial charge in [0, 0.05) is 23.9 Å². The number of rotatable bonds is 3. The van der Waals surface area contributed by atoms with E-state index < -0.39 is 0 Å². The van der Waals surface area contributed by atoms with E-state index in [1.807, 2.05) is 30.5 Å². The molecule has 98 valence electrons. The first-order valence-electron chi connectivity index (χ1n) is 6.55. The van der Waals surface area contributed by atoms with Crippen LogP contribution in [0.15, 0.2) is 42.6 Å². The van der Waals surface area contributed by atoms with Gasteiger partial charge in [-0.2, -0.15) is 0 Å². The number of methoxy groups -OCH3 is 1. The van der Waals surface area contributed by atoms with Crippen LogP contribution in [0.3, 0.4) is 0 Å². The summed E-state index contributed by atoms with van der Waals surface area (Å²) in [6.45, 7) is 0.747. The van der Waals surface area contributed by atoms with Crippen LogP contribution in [-0.2, 0) is 12.8 Å². The molecule has 1 aromatic carbocycles. The van der Waals surface area contributed by atoms with Crippen molar-refractivity contribution in [2.24, 2.45) is 5.92 Å². The van der Waals surface area contributed by atoms with E-state index in [4.69, 9.17) is 9.47 Å². The highest BCUT2D eigenvalue weighted by Gasteiger charge is 2.20. The van der Waals surface area contributed by atoms with Crippen molar-refractivity contribution in [2.45, 2.75) is 12.8 Å². The van der Waals surface area contributed by atoms with Crippen LogP contribution in [0.25, 0.3) is 0 Å². The van der Waals surface area contributed by atoms with Crippen LogP contribution < -0.4 is 9.47 Å². The highest BCUT2D eigenvalue weighted by molar-refractivity contribution is 5.42. The molecule has 1 aromatic heterocycles. The molecule has 0 radical (unpaired) electrons. The number of pyridine rings is 1. The van der Waals surface area contributed by atoms with Crippen LogP contribution in [0.1, 0.15) is 11.3 Å². The monoisotopic (exact) mass is 255 g/mol. The van der Waals surface area contributed by atoms with E-state index in [-0.39, 0.29) is 0 Å². The van der Waals surface area contributed by atoms with Crippen LogP contribution in [-0.4, -0.2) is 18.7 Å². The van der Waals surface area contributed by atoms with Crippen LogP contribution in [0, 0.1) is 5.92 Å². The largest absolute Gasteiger partial charge is 0.497 e. The fraction of sp³-hybridized carbons (Fsp3) is 0.312. The first kappa shape index (κ1) is 12.0. The van der Waals surface area contributed by atoms with E-state index in [1.165, 1.54) is 5.56 Å². The number of ether oxygens (including phenoxy) is 2. The van der Waals surface area contributed by atoms with E-state index in [2.05, 4.69) is 17.1 Å². The van der Waals surface area contributed by atoms with Crippen LogP contribution in [0.2, 0.25) is 0 Å². The van der Waals surface area contributed by atoms with Gasteiger partial charge in [0.15, 0.2) is 0 Å². The first-order valence-corrected chi connectivity index (χ1v) is 6.55. The molecule has 2 heterocycles. The topological polar surface area (TPSA) is 31.4 Å².